The molecule has 2 aromatic rings. The Morgan fingerprint density at radius 2 is 2.00 bits per heavy atom. The minimum atomic E-state index is -0.0987. The highest BCUT2D eigenvalue weighted by Crippen LogP contribution is 2.30. The van der Waals surface area contributed by atoms with Crippen LogP contribution in [-0.4, -0.2) is 16.6 Å². The summed E-state index contributed by atoms with van der Waals surface area (Å²) < 4.78 is 5.86. The van der Waals surface area contributed by atoms with Crippen molar-refractivity contribution in [3.8, 4) is 17.1 Å². The Kier molecular flexibility index (Phi) is 6.57. The van der Waals surface area contributed by atoms with Crippen LogP contribution in [0.3, 0.4) is 0 Å². The molecule has 0 aliphatic rings. The van der Waals surface area contributed by atoms with Crippen molar-refractivity contribution >= 4 is 5.57 Å². The zero-order valence-electron chi connectivity index (χ0n) is 15.9. The third kappa shape index (κ3) is 4.38. The average molecular weight is 340 g/mol. The van der Waals surface area contributed by atoms with Gasteiger partial charge in [0.05, 0.1) is 17.9 Å². The number of aromatic nitrogens is 2. The summed E-state index contributed by atoms with van der Waals surface area (Å²) in [5.41, 5.74) is 4.39. The normalized spacial score (nSPS) is 11.6. The van der Waals surface area contributed by atoms with Gasteiger partial charge in [0.2, 0.25) is 0 Å². The monoisotopic (exact) mass is 340 g/mol. The molecule has 0 saturated heterocycles. The van der Waals surface area contributed by atoms with E-state index >= 15 is 0 Å². The molecule has 0 atom stereocenters. The summed E-state index contributed by atoms with van der Waals surface area (Å²) in [7, 11) is 0. The lowest BCUT2D eigenvalue weighted by Crippen LogP contribution is -2.16. The van der Waals surface area contributed by atoms with Crippen molar-refractivity contribution in [3.05, 3.63) is 51.4 Å². The molecule has 1 N–H and O–H groups in total. The summed E-state index contributed by atoms with van der Waals surface area (Å²) in [6, 6.07) is 5.97. The number of benzene rings is 1. The molecular formula is C21H28N2O2. The maximum atomic E-state index is 12.5. The first-order valence-electron chi connectivity index (χ1n) is 9.02. The molecule has 0 radical (unpaired) electrons. The highest BCUT2D eigenvalue weighted by molar-refractivity contribution is 5.70. The van der Waals surface area contributed by atoms with Gasteiger partial charge >= 0.3 is 0 Å². The number of nitrogens with one attached hydrogen (secondary N) is 1. The Morgan fingerprint density at radius 3 is 2.64 bits per heavy atom. The molecule has 0 bridgehead atoms. The van der Waals surface area contributed by atoms with Crippen molar-refractivity contribution in [1.29, 1.82) is 0 Å². The number of aryl methyl sites for hydroxylation is 1. The predicted molar refractivity (Wildman–Crippen MR) is 104 cm³/mol. The van der Waals surface area contributed by atoms with Crippen molar-refractivity contribution in [3.63, 3.8) is 0 Å². The summed E-state index contributed by atoms with van der Waals surface area (Å²) in [5.74, 6) is 1.32. The van der Waals surface area contributed by atoms with Gasteiger partial charge in [0.25, 0.3) is 5.56 Å². The Bertz CT molecular complexity index is 819. The molecule has 0 saturated carbocycles. The van der Waals surface area contributed by atoms with Crippen LogP contribution < -0.4 is 10.3 Å². The first-order chi connectivity index (χ1) is 12.0. The third-order valence-electron chi connectivity index (χ3n) is 4.18. The van der Waals surface area contributed by atoms with Crippen molar-refractivity contribution in [2.45, 2.75) is 53.9 Å². The van der Waals surface area contributed by atoms with Crippen molar-refractivity contribution in [1.82, 2.24) is 9.97 Å². The van der Waals surface area contributed by atoms with Gasteiger partial charge in [-0.2, -0.15) is 0 Å². The fourth-order valence-corrected chi connectivity index (χ4v) is 2.81. The first-order valence-corrected chi connectivity index (χ1v) is 9.02. The van der Waals surface area contributed by atoms with Gasteiger partial charge in [-0.25, -0.2) is 4.98 Å². The SMILES string of the molecule is C/C=C(/CCC)c1nc(-c2cc(C)ccc2OCCC)[nH]c(=O)c1C. The second-order valence-corrected chi connectivity index (χ2v) is 6.30. The van der Waals surface area contributed by atoms with E-state index < -0.39 is 0 Å². The van der Waals surface area contributed by atoms with E-state index in [1.165, 1.54) is 0 Å². The average Bonchev–Trinajstić information content (AvgIpc) is 2.61. The lowest BCUT2D eigenvalue weighted by molar-refractivity contribution is 0.318. The van der Waals surface area contributed by atoms with Crippen molar-refractivity contribution < 1.29 is 4.74 Å². The van der Waals surface area contributed by atoms with Gasteiger partial charge in [-0.3, -0.25) is 4.79 Å². The van der Waals surface area contributed by atoms with E-state index in [-0.39, 0.29) is 5.56 Å². The minimum absolute atomic E-state index is 0.0987. The topological polar surface area (TPSA) is 55.0 Å². The summed E-state index contributed by atoms with van der Waals surface area (Å²) >= 11 is 0. The maximum absolute atomic E-state index is 12.5. The lowest BCUT2D eigenvalue weighted by Gasteiger charge is -2.14. The fraction of sp³-hybridized carbons (Fsp3) is 0.429. The van der Waals surface area contributed by atoms with Crippen LogP contribution in [0.4, 0.5) is 0 Å². The predicted octanol–water partition coefficient (Wildman–Crippen LogP) is 5.05. The zero-order chi connectivity index (χ0) is 18.4. The molecule has 0 unspecified atom stereocenters. The van der Waals surface area contributed by atoms with Gasteiger partial charge in [0.1, 0.15) is 11.6 Å². The maximum Gasteiger partial charge on any atom is 0.254 e. The second-order valence-electron chi connectivity index (χ2n) is 6.30. The largest absolute Gasteiger partial charge is 0.493 e. The molecule has 134 valence electrons. The van der Waals surface area contributed by atoms with Gasteiger partial charge in [0, 0.05) is 5.56 Å². The second kappa shape index (κ2) is 8.65. The fourth-order valence-electron chi connectivity index (χ4n) is 2.81. The zero-order valence-corrected chi connectivity index (χ0v) is 15.9. The number of ether oxygens (including phenoxy) is 1. The van der Waals surface area contributed by atoms with Crippen molar-refractivity contribution in [2.75, 3.05) is 6.61 Å². The standard InChI is InChI=1S/C21H28N2O2/c1-6-9-16(8-3)19-15(5)21(24)23-20(22-19)17-13-14(4)10-11-18(17)25-12-7-2/h8,10-11,13H,6-7,9,12H2,1-5H3,(H,22,23,24)/b16-8-. The number of H-pyrrole nitrogens is 1. The Morgan fingerprint density at radius 1 is 1.24 bits per heavy atom. The summed E-state index contributed by atoms with van der Waals surface area (Å²) in [6.45, 7) is 10.7. The smallest absolute Gasteiger partial charge is 0.254 e. The highest BCUT2D eigenvalue weighted by Gasteiger charge is 2.15. The number of allylic oxidation sites excluding steroid dienone is 2. The van der Waals surface area contributed by atoms with E-state index in [2.05, 4.69) is 18.8 Å². The number of aromatic amines is 1. The first kappa shape index (κ1) is 19.0. The van der Waals surface area contributed by atoms with Gasteiger partial charge in [-0.05, 0) is 51.3 Å². The molecule has 1 aromatic carbocycles. The van der Waals surface area contributed by atoms with Crippen LogP contribution in [0, 0.1) is 13.8 Å². The van der Waals surface area contributed by atoms with Crippen LogP contribution in [0.5, 0.6) is 5.75 Å². The Balaban J connectivity index is 2.63. The van der Waals surface area contributed by atoms with Crippen LogP contribution in [-0.2, 0) is 0 Å². The van der Waals surface area contributed by atoms with Crippen molar-refractivity contribution in [2.24, 2.45) is 0 Å². The number of rotatable bonds is 7. The number of hydrogen-bond acceptors (Lipinski definition) is 3. The van der Waals surface area contributed by atoms with Gasteiger partial charge < -0.3 is 9.72 Å². The summed E-state index contributed by atoms with van der Waals surface area (Å²) in [4.78, 5) is 20.2. The molecule has 25 heavy (non-hydrogen) atoms. The molecule has 4 heteroatoms. The van der Waals surface area contributed by atoms with Crippen LogP contribution in [0.1, 0.15) is 56.9 Å². The third-order valence-corrected chi connectivity index (χ3v) is 4.18. The number of nitrogens with zero attached hydrogens (tertiary/aromatic N) is 1. The Hall–Kier alpha value is -2.36. The molecule has 0 fully saturated rings. The summed E-state index contributed by atoms with van der Waals surface area (Å²) in [6.07, 6.45) is 4.89. The molecule has 1 heterocycles. The molecular weight excluding hydrogens is 312 g/mol. The molecule has 1 aromatic heterocycles. The highest BCUT2D eigenvalue weighted by atomic mass is 16.5. The summed E-state index contributed by atoms with van der Waals surface area (Å²) in [5, 5.41) is 0. The van der Waals surface area contributed by atoms with E-state index in [1.54, 1.807) is 0 Å². The van der Waals surface area contributed by atoms with Gasteiger partial charge in [-0.1, -0.05) is 38.0 Å². The van der Waals surface area contributed by atoms with E-state index in [9.17, 15) is 4.79 Å². The molecule has 0 aliphatic carbocycles. The van der Waals surface area contributed by atoms with E-state index in [0.29, 0.717) is 18.0 Å². The molecule has 4 nitrogen and oxygen atoms in total. The van der Waals surface area contributed by atoms with E-state index in [0.717, 1.165) is 47.4 Å². The Labute approximate surface area is 150 Å². The van der Waals surface area contributed by atoms with Crippen LogP contribution in [0.15, 0.2) is 29.1 Å². The van der Waals surface area contributed by atoms with Crippen LogP contribution in [0.2, 0.25) is 0 Å². The van der Waals surface area contributed by atoms with Gasteiger partial charge in [-0.15, -0.1) is 0 Å². The number of hydrogen-bond donors (Lipinski definition) is 1. The lowest BCUT2D eigenvalue weighted by atomic mass is 10.0. The molecule has 0 spiro atoms. The van der Waals surface area contributed by atoms with E-state index in [4.69, 9.17) is 9.72 Å². The quantitative estimate of drug-likeness (QED) is 0.767. The molecule has 0 amide bonds. The minimum Gasteiger partial charge on any atom is -0.493 e. The van der Waals surface area contributed by atoms with Gasteiger partial charge in [0.15, 0.2) is 0 Å². The van der Waals surface area contributed by atoms with Crippen LogP contribution in [0.25, 0.3) is 17.0 Å². The molecule has 2 rings (SSSR count). The van der Waals surface area contributed by atoms with Crippen LogP contribution >= 0.6 is 0 Å². The van der Waals surface area contributed by atoms with E-state index in [1.807, 2.05) is 45.0 Å². The molecule has 0 aliphatic heterocycles.